The van der Waals surface area contributed by atoms with Crippen molar-refractivity contribution in [1.82, 2.24) is 5.32 Å². The molecule has 0 spiro atoms. The zero-order chi connectivity index (χ0) is 34.6. The highest BCUT2D eigenvalue weighted by Gasteiger charge is 2.73. The van der Waals surface area contributed by atoms with E-state index in [0.29, 0.717) is 28.0 Å². The van der Waals surface area contributed by atoms with Crippen molar-refractivity contribution in [2.45, 2.75) is 42.1 Å². The summed E-state index contributed by atoms with van der Waals surface area (Å²) in [5, 5.41) is 49.2. The molecular weight excluding hydrogens is 719 g/mol. The van der Waals surface area contributed by atoms with Gasteiger partial charge in [-0.25, -0.2) is 0 Å². The number of amides is 1. The maximum atomic E-state index is 14.5. The zero-order valence-electron chi connectivity index (χ0n) is 25.9. The molecule has 47 heavy (non-hydrogen) atoms. The van der Waals surface area contributed by atoms with E-state index in [-0.39, 0.29) is 49.3 Å². The first-order chi connectivity index (χ1) is 22.1. The highest BCUT2D eigenvalue weighted by molar-refractivity contribution is 14.1. The summed E-state index contributed by atoms with van der Waals surface area (Å²) in [6.45, 7) is 11.6. The number of ether oxygens (including phenoxy) is 1. The number of aromatic hydroxyl groups is 1. The topological polar surface area (TPSA) is 196 Å². The number of phenols is 1. The number of alkyl halides is 1. The lowest BCUT2D eigenvalue weighted by Gasteiger charge is -2.57. The van der Waals surface area contributed by atoms with Crippen LogP contribution in [0.4, 0.5) is 0 Å². The van der Waals surface area contributed by atoms with Gasteiger partial charge in [-0.15, -0.1) is 6.58 Å². The maximum absolute atomic E-state index is 14.5. The molecule has 5 rings (SSSR count). The van der Waals surface area contributed by atoms with Crippen LogP contribution in [-0.2, 0) is 30.3 Å². The molecule has 0 aliphatic heterocycles. The van der Waals surface area contributed by atoms with Gasteiger partial charge in [0.05, 0.1) is 21.2 Å². The molecule has 0 saturated heterocycles. The molecule has 1 amide bonds. The second kappa shape index (κ2) is 12.0. The van der Waals surface area contributed by atoms with E-state index in [2.05, 4.69) is 18.5 Å². The van der Waals surface area contributed by atoms with Crippen LogP contribution in [0.3, 0.4) is 0 Å². The van der Waals surface area contributed by atoms with E-state index in [1.807, 2.05) is 34.7 Å². The third-order valence-electron chi connectivity index (χ3n) is 9.50. The first-order valence-electron chi connectivity index (χ1n) is 15.0. The molecule has 0 unspecified atom stereocenters. The molecule has 246 valence electrons. The van der Waals surface area contributed by atoms with Crippen molar-refractivity contribution < 1.29 is 44.3 Å². The molecule has 12 heteroatoms. The molecule has 3 aliphatic rings. The number of fused-ring (bicyclic) bond motifs is 3. The Hall–Kier alpha value is -4.43. The number of phenolic OH excluding ortho intramolecular Hbond substituents is 1. The predicted molar refractivity (Wildman–Crippen MR) is 182 cm³/mol. The quantitative estimate of drug-likeness (QED) is 0.0717. The average molecular weight is 755 g/mol. The maximum Gasteiger partial charge on any atom is 0.325 e. The number of aliphatic hydroxyl groups excluding tert-OH is 2. The first kappa shape index (κ1) is 33.9. The van der Waals surface area contributed by atoms with Crippen molar-refractivity contribution in [3.8, 4) is 16.9 Å². The number of nitrogens with one attached hydrogen (secondary N) is 1. The van der Waals surface area contributed by atoms with Crippen LogP contribution in [0.25, 0.3) is 22.6 Å². The third-order valence-corrected chi connectivity index (χ3v) is 11.4. The van der Waals surface area contributed by atoms with Gasteiger partial charge < -0.3 is 36.2 Å². The van der Waals surface area contributed by atoms with Gasteiger partial charge in [-0.3, -0.25) is 19.2 Å². The number of carbonyl (C=O) groups is 4. The van der Waals surface area contributed by atoms with Crippen LogP contribution in [-0.4, -0.2) is 66.0 Å². The molecule has 0 bridgehead atoms. The number of esters is 1. The number of nitrogens with two attached hydrogens (primary N) is 1. The van der Waals surface area contributed by atoms with Crippen molar-refractivity contribution in [2.24, 2.45) is 17.1 Å². The smallest absolute Gasteiger partial charge is 0.325 e. The van der Waals surface area contributed by atoms with E-state index in [1.165, 1.54) is 12.1 Å². The van der Waals surface area contributed by atoms with Gasteiger partial charge in [0, 0.05) is 17.0 Å². The standard InChI is InChI=1S/C35H35IN2O9/c1-5-22-28(41)26(32(37)45)30(43)35(46)31(44)27-29(42)25-21(14-33(27,6-2)16-34(22,35)36)20(11-12-23(25)39)19-10-8-9-18(13-19)17(4)38-15-24(40)47-7-3/h6,8-13,22,38-39,42-43,46H,2,4-5,7,14-16H2,1,3H3,(H2,37,45)/t22-,33+,34-,35-/m1/s1. The molecule has 11 nitrogen and oxygen atoms in total. The lowest BCUT2D eigenvalue weighted by Crippen LogP contribution is -2.71. The van der Waals surface area contributed by atoms with Crippen LogP contribution in [0.5, 0.6) is 5.75 Å². The molecule has 1 fully saturated rings. The second-order valence-corrected chi connectivity index (χ2v) is 13.9. The summed E-state index contributed by atoms with van der Waals surface area (Å²) in [6.07, 6.45) is 1.45. The number of benzene rings is 2. The number of Topliss-reactive ketones (excluding diaryl/α,β-unsaturated/α-hetero) is 2. The van der Waals surface area contributed by atoms with Crippen molar-refractivity contribution in [2.75, 3.05) is 13.2 Å². The van der Waals surface area contributed by atoms with Crippen LogP contribution < -0.4 is 11.1 Å². The molecule has 2 aromatic rings. The Morgan fingerprint density at radius 2 is 1.87 bits per heavy atom. The van der Waals surface area contributed by atoms with Crippen LogP contribution in [0.2, 0.25) is 0 Å². The third kappa shape index (κ3) is 4.87. The summed E-state index contributed by atoms with van der Waals surface area (Å²) in [5.74, 6) is -6.87. The van der Waals surface area contributed by atoms with E-state index in [0.717, 1.165) is 0 Å². The normalized spacial score (nSPS) is 26.6. The van der Waals surface area contributed by atoms with Gasteiger partial charge in [0.2, 0.25) is 11.4 Å². The molecule has 0 aromatic heterocycles. The Bertz CT molecular complexity index is 1850. The molecule has 0 heterocycles. The summed E-state index contributed by atoms with van der Waals surface area (Å²) in [7, 11) is 0. The number of aliphatic hydroxyl groups is 3. The minimum absolute atomic E-state index is 0.0194. The molecular formula is C35H35IN2O9. The first-order valence-corrected chi connectivity index (χ1v) is 16.1. The lowest BCUT2D eigenvalue weighted by atomic mass is 9.50. The fourth-order valence-corrected chi connectivity index (χ4v) is 9.18. The Kier molecular flexibility index (Phi) is 8.65. The van der Waals surface area contributed by atoms with Crippen molar-refractivity contribution >= 4 is 57.5 Å². The van der Waals surface area contributed by atoms with Crippen LogP contribution in [0, 0.1) is 11.3 Å². The highest BCUT2D eigenvalue weighted by atomic mass is 127. The van der Waals surface area contributed by atoms with E-state index in [9.17, 15) is 39.6 Å². The van der Waals surface area contributed by atoms with Gasteiger partial charge in [-0.1, -0.05) is 66.4 Å². The monoisotopic (exact) mass is 754 g/mol. The second-order valence-electron chi connectivity index (χ2n) is 12.0. The van der Waals surface area contributed by atoms with Gasteiger partial charge in [-0.05, 0) is 60.6 Å². The molecule has 0 radical (unpaired) electrons. The number of halogens is 1. The van der Waals surface area contributed by atoms with E-state index < -0.39 is 60.9 Å². The summed E-state index contributed by atoms with van der Waals surface area (Å²) in [4.78, 5) is 52.1. The average Bonchev–Trinajstić information content (AvgIpc) is 3.02. The van der Waals surface area contributed by atoms with Gasteiger partial charge in [0.15, 0.2) is 5.78 Å². The number of primary amides is 1. The number of ketones is 2. The van der Waals surface area contributed by atoms with E-state index >= 15 is 0 Å². The van der Waals surface area contributed by atoms with Gasteiger partial charge >= 0.3 is 5.97 Å². The van der Waals surface area contributed by atoms with Crippen molar-refractivity contribution in [1.29, 1.82) is 0 Å². The fourth-order valence-electron chi connectivity index (χ4n) is 7.28. The minimum atomic E-state index is -2.79. The number of carbonyl (C=O) groups excluding carboxylic acids is 4. The van der Waals surface area contributed by atoms with E-state index in [1.54, 1.807) is 32.0 Å². The van der Waals surface area contributed by atoms with Gasteiger partial charge in [0.1, 0.15) is 29.4 Å². The number of hydrogen-bond acceptors (Lipinski definition) is 10. The fraction of sp³-hybridized carbons (Fsp3) is 0.314. The molecule has 2 aromatic carbocycles. The van der Waals surface area contributed by atoms with Crippen molar-refractivity contribution in [3.63, 3.8) is 0 Å². The van der Waals surface area contributed by atoms with Crippen LogP contribution >= 0.6 is 22.6 Å². The molecule has 4 atom stereocenters. The summed E-state index contributed by atoms with van der Waals surface area (Å²) in [5.41, 5.74) is 2.91. The summed E-state index contributed by atoms with van der Waals surface area (Å²) >= 11 is 1.82. The van der Waals surface area contributed by atoms with Gasteiger partial charge in [-0.2, -0.15) is 0 Å². The summed E-state index contributed by atoms with van der Waals surface area (Å²) < 4.78 is 3.29. The Morgan fingerprint density at radius 1 is 1.17 bits per heavy atom. The van der Waals surface area contributed by atoms with Gasteiger partial charge in [0.25, 0.3) is 5.91 Å². The number of allylic oxidation sites excluding steroid dienone is 1. The largest absolute Gasteiger partial charge is 0.508 e. The van der Waals surface area contributed by atoms with Crippen LogP contribution in [0.15, 0.2) is 72.5 Å². The van der Waals surface area contributed by atoms with E-state index in [4.69, 9.17) is 10.5 Å². The SMILES string of the molecule is C=C[C@@]12Cc3c(-c4cccc(C(=C)NCC(=O)OCC)c4)ccc(O)c3C(O)=C1C(=O)[C@]1(O)C(O)=C(C(N)=O)C(=O)[C@@H](CC)[C@]1(I)C2. The van der Waals surface area contributed by atoms with Crippen LogP contribution in [0.1, 0.15) is 43.4 Å². The molecule has 7 N–H and O–H groups in total. The summed E-state index contributed by atoms with van der Waals surface area (Å²) in [6, 6.07) is 10.2. The predicted octanol–water partition coefficient (Wildman–Crippen LogP) is 3.96. The Labute approximate surface area is 284 Å². The van der Waals surface area contributed by atoms with Crippen molar-refractivity contribution in [3.05, 3.63) is 89.2 Å². The Morgan fingerprint density at radius 3 is 2.49 bits per heavy atom. The Balaban J connectivity index is 1.69. The lowest BCUT2D eigenvalue weighted by molar-refractivity contribution is -0.149. The zero-order valence-corrected chi connectivity index (χ0v) is 28.0. The molecule has 3 aliphatic carbocycles. The number of hydrogen-bond donors (Lipinski definition) is 6. The number of rotatable bonds is 9. The molecule has 1 saturated carbocycles. The minimum Gasteiger partial charge on any atom is -0.508 e. The highest BCUT2D eigenvalue weighted by Crippen LogP contribution is 2.64.